The maximum atomic E-state index is 7.23. The number of benzene rings is 2. The molecule has 0 aromatic heterocycles. The Balaban J connectivity index is 2.64. The Labute approximate surface area is 128 Å². The van der Waals surface area contributed by atoms with Gasteiger partial charge < -0.3 is 0 Å². The van der Waals surface area contributed by atoms with Crippen LogP contribution in [0, 0.1) is 0 Å². The summed E-state index contributed by atoms with van der Waals surface area (Å²) in [6.45, 7) is 9.06. The van der Waals surface area contributed by atoms with Crippen molar-refractivity contribution in [2.45, 2.75) is 38.8 Å². The smallest absolute Gasteiger partial charge is 0.160 e. The van der Waals surface area contributed by atoms with E-state index < -0.39 is 7.38 Å². The zero-order valence-electron chi connectivity index (χ0n) is 12.7. The standard InChI is InChI=1S/C18H23ClSi/c1-14(2)20(19,15(3)4)18-13-9-8-12-17(18)16-10-6-5-7-11-16/h5-15H,1-4H3. The van der Waals surface area contributed by atoms with E-state index >= 15 is 0 Å². The lowest BCUT2D eigenvalue weighted by Gasteiger charge is -2.34. The van der Waals surface area contributed by atoms with Gasteiger partial charge in [-0.1, -0.05) is 82.3 Å². The summed E-state index contributed by atoms with van der Waals surface area (Å²) < 4.78 is 0. The zero-order valence-corrected chi connectivity index (χ0v) is 14.5. The van der Waals surface area contributed by atoms with Gasteiger partial charge in [0.15, 0.2) is 7.38 Å². The fourth-order valence-corrected chi connectivity index (χ4v) is 7.04. The van der Waals surface area contributed by atoms with E-state index in [2.05, 4.69) is 82.3 Å². The van der Waals surface area contributed by atoms with Gasteiger partial charge in [-0.2, -0.15) is 11.1 Å². The Kier molecular flexibility index (Phi) is 4.72. The third-order valence-corrected chi connectivity index (χ3v) is 12.0. The fourth-order valence-electron chi connectivity index (χ4n) is 2.98. The second-order valence-electron chi connectivity index (χ2n) is 5.99. The van der Waals surface area contributed by atoms with Crippen LogP contribution < -0.4 is 5.19 Å². The largest absolute Gasteiger partial charge is 0.192 e. The molecule has 0 saturated heterocycles. The third-order valence-electron chi connectivity index (χ3n) is 4.11. The summed E-state index contributed by atoms with van der Waals surface area (Å²) in [6.07, 6.45) is 0. The van der Waals surface area contributed by atoms with Crippen molar-refractivity contribution in [3.8, 4) is 11.1 Å². The van der Waals surface area contributed by atoms with Crippen LogP contribution in [0.4, 0.5) is 0 Å². The van der Waals surface area contributed by atoms with Gasteiger partial charge in [-0.15, -0.1) is 0 Å². The van der Waals surface area contributed by atoms with Crippen molar-refractivity contribution < 1.29 is 0 Å². The van der Waals surface area contributed by atoms with Gasteiger partial charge in [0, 0.05) is 0 Å². The highest BCUT2D eigenvalue weighted by Gasteiger charge is 2.41. The molecule has 0 aliphatic carbocycles. The van der Waals surface area contributed by atoms with Crippen LogP contribution in [0.15, 0.2) is 54.6 Å². The second-order valence-corrected chi connectivity index (χ2v) is 12.2. The highest BCUT2D eigenvalue weighted by molar-refractivity contribution is 7.29. The first-order valence-corrected chi connectivity index (χ1v) is 10.5. The van der Waals surface area contributed by atoms with Crippen molar-refractivity contribution in [3.63, 3.8) is 0 Å². The molecule has 0 atom stereocenters. The molecule has 0 heterocycles. The molecule has 0 spiro atoms. The van der Waals surface area contributed by atoms with Gasteiger partial charge in [-0.05, 0) is 27.4 Å². The summed E-state index contributed by atoms with van der Waals surface area (Å²) in [5.41, 5.74) is 3.59. The Morgan fingerprint density at radius 3 is 1.80 bits per heavy atom. The molecule has 0 N–H and O–H groups in total. The average molecular weight is 303 g/mol. The minimum Gasteiger partial charge on any atom is -0.160 e. The minimum atomic E-state index is -2.04. The maximum Gasteiger partial charge on any atom is 0.192 e. The van der Waals surface area contributed by atoms with E-state index in [1.54, 1.807) is 0 Å². The molecule has 2 heteroatoms. The lowest BCUT2D eigenvalue weighted by Crippen LogP contribution is -2.48. The van der Waals surface area contributed by atoms with Crippen LogP contribution in [0.5, 0.6) is 0 Å². The first-order chi connectivity index (χ1) is 9.48. The van der Waals surface area contributed by atoms with E-state index in [0.717, 1.165) is 0 Å². The molecule has 106 valence electrons. The number of halogens is 1. The number of hydrogen-bond acceptors (Lipinski definition) is 0. The van der Waals surface area contributed by atoms with Gasteiger partial charge in [0.25, 0.3) is 0 Å². The van der Waals surface area contributed by atoms with Crippen LogP contribution in [0.3, 0.4) is 0 Å². The predicted octanol–water partition coefficient (Wildman–Crippen LogP) is 5.56. The second kappa shape index (κ2) is 6.15. The van der Waals surface area contributed by atoms with Crippen molar-refractivity contribution in [3.05, 3.63) is 54.6 Å². The lowest BCUT2D eigenvalue weighted by molar-refractivity contribution is 0.940. The van der Waals surface area contributed by atoms with E-state index in [1.807, 2.05) is 0 Å². The first kappa shape index (κ1) is 15.3. The normalized spacial score (nSPS) is 12.2. The Bertz CT molecular complexity index is 553. The highest BCUT2D eigenvalue weighted by atomic mass is 35.6. The molecule has 20 heavy (non-hydrogen) atoms. The first-order valence-electron chi connectivity index (χ1n) is 7.31. The molecule has 0 amide bonds. The van der Waals surface area contributed by atoms with E-state index in [4.69, 9.17) is 11.1 Å². The quantitative estimate of drug-likeness (QED) is 0.512. The Morgan fingerprint density at radius 1 is 0.750 bits per heavy atom. The molecule has 0 bridgehead atoms. The SMILES string of the molecule is CC(C)[Si](Cl)(c1ccccc1-c1ccccc1)C(C)C. The van der Waals surface area contributed by atoms with E-state index in [9.17, 15) is 0 Å². The molecule has 0 nitrogen and oxygen atoms in total. The molecule has 0 aliphatic rings. The van der Waals surface area contributed by atoms with Crippen molar-refractivity contribution >= 4 is 23.6 Å². The van der Waals surface area contributed by atoms with Crippen LogP contribution in [-0.4, -0.2) is 7.38 Å². The molecule has 0 aliphatic heterocycles. The summed E-state index contributed by atoms with van der Waals surface area (Å²) >= 11 is 7.23. The summed E-state index contributed by atoms with van der Waals surface area (Å²) in [6, 6.07) is 19.3. The van der Waals surface area contributed by atoms with Crippen molar-refractivity contribution in [1.82, 2.24) is 0 Å². The topological polar surface area (TPSA) is 0 Å². The van der Waals surface area contributed by atoms with Crippen LogP contribution in [-0.2, 0) is 0 Å². The van der Waals surface area contributed by atoms with Gasteiger partial charge >= 0.3 is 0 Å². The number of rotatable bonds is 4. The fraction of sp³-hybridized carbons (Fsp3) is 0.333. The molecular weight excluding hydrogens is 280 g/mol. The van der Waals surface area contributed by atoms with Gasteiger partial charge in [-0.25, -0.2) is 0 Å². The van der Waals surface area contributed by atoms with Crippen LogP contribution in [0.25, 0.3) is 11.1 Å². The van der Waals surface area contributed by atoms with Gasteiger partial charge in [0.05, 0.1) is 0 Å². The maximum absolute atomic E-state index is 7.23. The lowest BCUT2D eigenvalue weighted by atomic mass is 10.1. The number of hydrogen-bond donors (Lipinski definition) is 0. The summed E-state index contributed by atoms with van der Waals surface area (Å²) in [4.78, 5) is 0. The van der Waals surface area contributed by atoms with Crippen molar-refractivity contribution in [2.24, 2.45) is 0 Å². The van der Waals surface area contributed by atoms with Crippen LogP contribution >= 0.6 is 11.1 Å². The molecule has 0 saturated carbocycles. The van der Waals surface area contributed by atoms with Crippen molar-refractivity contribution in [1.29, 1.82) is 0 Å². The average Bonchev–Trinajstić information content (AvgIpc) is 2.47. The summed E-state index contributed by atoms with van der Waals surface area (Å²) in [5.74, 6) is 0. The Hall–Kier alpha value is -1.05. The summed E-state index contributed by atoms with van der Waals surface area (Å²) in [5, 5.41) is 1.37. The molecular formula is C18H23ClSi. The van der Waals surface area contributed by atoms with Crippen LogP contribution in [0.2, 0.25) is 11.1 Å². The molecule has 2 aromatic rings. The van der Waals surface area contributed by atoms with Gasteiger partial charge in [0.2, 0.25) is 0 Å². The van der Waals surface area contributed by atoms with E-state index in [1.165, 1.54) is 16.3 Å². The molecule has 2 rings (SSSR count). The summed E-state index contributed by atoms with van der Waals surface area (Å²) in [7, 11) is -2.04. The molecule has 2 aromatic carbocycles. The zero-order chi connectivity index (χ0) is 14.8. The molecule has 0 fully saturated rings. The van der Waals surface area contributed by atoms with Crippen LogP contribution in [0.1, 0.15) is 27.7 Å². The minimum absolute atomic E-state index is 0.508. The third kappa shape index (κ3) is 2.70. The van der Waals surface area contributed by atoms with E-state index in [0.29, 0.717) is 11.1 Å². The molecule has 0 radical (unpaired) electrons. The monoisotopic (exact) mass is 302 g/mol. The predicted molar refractivity (Wildman–Crippen MR) is 93.3 cm³/mol. The molecule has 0 unspecified atom stereocenters. The van der Waals surface area contributed by atoms with Crippen molar-refractivity contribution in [2.75, 3.05) is 0 Å². The highest BCUT2D eigenvalue weighted by Crippen LogP contribution is 2.37. The Morgan fingerprint density at radius 2 is 1.25 bits per heavy atom. The van der Waals surface area contributed by atoms with Gasteiger partial charge in [-0.3, -0.25) is 0 Å². The van der Waals surface area contributed by atoms with E-state index in [-0.39, 0.29) is 0 Å². The van der Waals surface area contributed by atoms with Gasteiger partial charge in [0.1, 0.15) is 0 Å².